The van der Waals surface area contributed by atoms with Gasteiger partial charge in [0.25, 0.3) is 0 Å². The molecule has 0 spiro atoms. The minimum absolute atomic E-state index is 0.294. The molecule has 1 aromatic carbocycles. The van der Waals surface area contributed by atoms with Crippen molar-refractivity contribution in [2.75, 3.05) is 5.75 Å². The van der Waals surface area contributed by atoms with Crippen molar-refractivity contribution in [2.24, 2.45) is 5.14 Å². The van der Waals surface area contributed by atoms with E-state index < -0.39 is 24.8 Å². The third-order valence-electron chi connectivity index (χ3n) is 1.83. The van der Waals surface area contributed by atoms with Crippen molar-refractivity contribution in [3.05, 3.63) is 36.9 Å². The van der Waals surface area contributed by atoms with Gasteiger partial charge in [-0.05, 0) is 12.1 Å². The van der Waals surface area contributed by atoms with Crippen LogP contribution in [-0.4, -0.2) is 22.6 Å². The highest BCUT2D eigenvalue weighted by molar-refractivity contribution is 7.93. The first-order valence-corrected chi connectivity index (χ1v) is 7.44. The van der Waals surface area contributed by atoms with E-state index in [1.165, 1.54) is 24.3 Å². The highest BCUT2D eigenvalue weighted by Crippen LogP contribution is 2.20. The van der Waals surface area contributed by atoms with E-state index in [0.717, 1.165) is 6.07 Å². The molecule has 0 aromatic heterocycles. The maximum absolute atomic E-state index is 11.7. The summed E-state index contributed by atoms with van der Waals surface area (Å²) in [6.45, 7) is 3.30. The molecule has 1 rings (SSSR count). The maximum Gasteiger partial charge on any atom is 0.239 e. The van der Waals surface area contributed by atoms with Gasteiger partial charge in [0.2, 0.25) is 10.0 Å². The standard InChI is InChI=1S/C9H11NO4S2/c1-2-7-15(11,12)8-5-3-4-6-9(8)16(10,13)14/h2-6H,1,7H2,(H2,10,13,14). The van der Waals surface area contributed by atoms with E-state index in [1.54, 1.807) is 0 Å². The summed E-state index contributed by atoms with van der Waals surface area (Å²) in [5.41, 5.74) is 0. The van der Waals surface area contributed by atoms with Gasteiger partial charge in [-0.1, -0.05) is 18.2 Å². The summed E-state index contributed by atoms with van der Waals surface area (Å²) in [6, 6.07) is 5.21. The quantitative estimate of drug-likeness (QED) is 0.788. The summed E-state index contributed by atoms with van der Waals surface area (Å²) in [5.74, 6) is -0.334. The lowest BCUT2D eigenvalue weighted by Gasteiger charge is -2.06. The molecule has 0 aliphatic heterocycles. The largest absolute Gasteiger partial charge is 0.239 e. The van der Waals surface area contributed by atoms with Gasteiger partial charge in [0.05, 0.1) is 10.6 Å². The minimum atomic E-state index is -4.05. The number of hydrogen-bond donors (Lipinski definition) is 1. The van der Waals surface area contributed by atoms with E-state index in [1.807, 2.05) is 0 Å². The Balaban J connectivity index is 3.53. The second-order valence-corrected chi connectivity index (χ2v) is 6.59. The van der Waals surface area contributed by atoms with Crippen molar-refractivity contribution in [1.29, 1.82) is 0 Å². The van der Waals surface area contributed by atoms with Crippen LogP contribution in [0.4, 0.5) is 0 Å². The molecular weight excluding hydrogens is 250 g/mol. The van der Waals surface area contributed by atoms with Crippen molar-refractivity contribution in [3.63, 3.8) is 0 Å². The first-order valence-electron chi connectivity index (χ1n) is 4.24. The SMILES string of the molecule is C=CCS(=O)(=O)c1ccccc1S(N)(=O)=O. The summed E-state index contributed by atoms with van der Waals surface area (Å²) >= 11 is 0. The zero-order valence-corrected chi connectivity index (χ0v) is 9.96. The number of benzene rings is 1. The van der Waals surface area contributed by atoms with Gasteiger partial charge in [0.1, 0.15) is 4.90 Å². The molecule has 0 saturated carbocycles. The van der Waals surface area contributed by atoms with Crippen LogP contribution in [0.5, 0.6) is 0 Å². The van der Waals surface area contributed by atoms with E-state index in [9.17, 15) is 16.8 Å². The van der Waals surface area contributed by atoms with Crippen LogP contribution in [0, 0.1) is 0 Å². The van der Waals surface area contributed by atoms with E-state index in [-0.39, 0.29) is 10.6 Å². The molecule has 7 heteroatoms. The Hall–Kier alpha value is -1.18. The molecule has 0 unspecified atom stereocenters. The predicted octanol–water partition coefficient (Wildman–Crippen LogP) is 0.294. The third kappa shape index (κ3) is 2.69. The van der Waals surface area contributed by atoms with Gasteiger partial charge in [0, 0.05) is 0 Å². The first-order chi connectivity index (χ1) is 7.29. The first kappa shape index (κ1) is 12.9. The average Bonchev–Trinajstić information content (AvgIpc) is 2.16. The molecule has 0 aliphatic carbocycles. The summed E-state index contributed by atoms with van der Waals surface area (Å²) in [5, 5.41) is 4.93. The van der Waals surface area contributed by atoms with Crippen LogP contribution in [0.1, 0.15) is 0 Å². The summed E-state index contributed by atoms with van der Waals surface area (Å²) in [4.78, 5) is -0.686. The number of sulfone groups is 1. The minimum Gasteiger partial charge on any atom is -0.225 e. The normalized spacial score (nSPS) is 12.3. The second-order valence-electron chi connectivity index (χ2n) is 3.06. The lowest BCUT2D eigenvalue weighted by atomic mass is 10.4. The Kier molecular flexibility index (Phi) is 3.51. The van der Waals surface area contributed by atoms with Gasteiger partial charge in [-0.15, -0.1) is 6.58 Å². The fourth-order valence-corrected chi connectivity index (χ4v) is 3.68. The Bertz CT molecular complexity index is 602. The molecule has 2 N–H and O–H groups in total. The van der Waals surface area contributed by atoms with Crippen LogP contribution in [0.3, 0.4) is 0 Å². The molecule has 0 radical (unpaired) electrons. The number of primary sulfonamides is 1. The molecule has 1 aromatic rings. The summed E-state index contributed by atoms with van der Waals surface area (Å²) < 4.78 is 45.8. The average molecular weight is 261 g/mol. The molecular formula is C9H11NO4S2. The van der Waals surface area contributed by atoms with Crippen molar-refractivity contribution < 1.29 is 16.8 Å². The van der Waals surface area contributed by atoms with Gasteiger partial charge in [-0.2, -0.15) is 0 Å². The lowest BCUT2D eigenvalue weighted by Crippen LogP contribution is -2.17. The van der Waals surface area contributed by atoms with Gasteiger partial charge >= 0.3 is 0 Å². The molecule has 0 amide bonds. The van der Waals surface area contributed by atoms with Crippen molar-refractivity contribution in [2.45, 2.75) is 9.79 Å². The topological polar surface area (TPSA) is 94.3 Å². The van der Waals surface area contributed by atoms with Crippen molar-refractivity contribution >= 4 is 19.9 Å². The Labute approximate surface area is 94.6 Å². The van der Waals surface area contributed by atoms with Gasteiger partial charge in [-0.3, -0.25) is 0 Å². The van der Waals surface area contributed by atoms with E-state index in [2.05, 4.69) is 6.58 Å². The van der Waals surface area contributed by atoms with Crippen LogP contribution in [0.15, 0.2) is 46.7 Å². The summed E-state index contributed by atoms with van der Waals surface area (Å²) in [7, 11) is -7.75. The van der Waals surface area contributed by atoms with E-state index >= 15 is 0 Å². The van der Waals surface area contributed by atoms with Crippen LogP contribution < -0.4 is 5.14 Å². The Morgan fingerprint density at radius 3 is 2.06 bits per heavy atom. The molecule has 0 fully saturated rings. The monoisotopic (exact) mass is 261 g/mol. The molecule has 0 bridgehead atoms. The van der Waals surface area contributed by atoms with Crippen molar-refractivity contribution in [3.8, 4) is 0 Å². The molecule has 5 nitrogen and oxygen atoms in total. The fourth-order valence-electron chi connectivity index (χ4n) is 1.19. The Morgan fingerprint density at radius 1 is 1.12 bits per heavy atom. The fraction of sp³-hybridized carbons (Fsp3) is 0.111. The summed E-state index contributed by atoms with van der Waals surface area (Å²) in [6.07, 6.45) is 1.19. The van der Waals surface area contributed by atoms with Crippen LogP contribution >= 0.6 is 0 Å². The number of sulfonamides is 1. The smallest absolute Gasteiger partial charge is 0.225 e. The number of nitrogens with two attached hydrogens (primary N) is 1. The number of rotatable bonds is 4. The Morgan fingerprint density at radius 2 is 1.62 bits per heavy atom. The highest BCUT2D eigenvalue weighted by atomic mass is 32.2. The third-order valence-corrected chi connectivity index (χ3v) is 4.63. The number of hydrogen-bond acceptors (Lipinski definition) is 4. The van der Waals surface area contributed by atoms with Crippen molar-refractivity contribution in [1.82, 2.24) is 0 Å². The molecule has 88 valence electrons. The molecule has 0 atom stereocenters. The molecule has 0 saturated heterocycles. The van der Waals surface area contributed by atoms with E-state index in [0.29, 0.717) is 0 Å². The molecule has 0 aliphatic rings. The highest BCUT2D eigenvalue weighted by Gasteiger charge is 2.22. The van der Waals surface area contributed by atoms with Crippen LogP contribution in [0.2, 0.25) is 0 Å². The van der Waals surface area contributed by atoms with Gasteiger partial charge < -0.3 is 0 Å². The van der Waals surface area contributed by atoms with Gasteiger partial charge in [0.15, 0.2) is 9.84 Å². The predicted molar refractivity (Wildman–Crippen MR) is 60.1 cm³/mol. The lowest BCUT2D eigenvalue weighted by molar-refractivity contribution is 0.585. The maximum atomic E-state index is 11.7. The van der Waals surface area contributed by atoms with Gasteiger partial charge in [-0.25, -0.2) is 22.0 Å². The molecule has 0 heterocycles. The zero-order chi connectivity index (χ0) is 12.4. The second kappa shape index (κ2) is 4.36. The van der Waals surface area contributed by atoms with Crippen LogP contribution in [-0.2, 0) is 19.9 Å². The zero-order valence-electron chi connectivity index (χ0n) is 8.33. The molecule has 16 heavy (non-hydrogen) atoms. The van der Waals surface area contributed by atoms with Crippen LogP contribution in [0.25, 0.3) is 0 Å². The van der Waals surface area contributed by atoms with E-state index in [4.69, 9.17) is 5.14 Å².